The van der Waals surface area contributed by atoms with E-state index in [2.05, 4.69) is 46.1 Å². The molecule has 4 saturated heterocycles. The highest BCUT2D eigenvalue weighted by molar-refractivity contribution is 6.23. The summed E-state index contributed by atoms with van der Waals surface area (Å²) in [6.45, 7) is 8.81. The number of piperidine rings is 3. The van der Waals surface area contributed by atoms with E-state index in [1.807, 2.05) is 25.3 Å². The zero-order valence-corrected chi connectivity index (χ0v) is 35.0. The Morgan fingerprint density at radius 1 is 0.841 bits per heavy atom. The number of amides is 4. The summed E-state index contributed by atoms with van der Waals surface area (Å²) in [5.41, 5.74) is 10.7. The lowest BCUT2D eigenvalue weighted by atomic mass is 9.92. The van der Waals surface area contributed by atoms with E-state index < -0.39 is 35.7 Å². The third-order valence-electron chi connectivity index (χ3n) is 13.4. The van der Waals surface area contributed by atoms with E-state index in [4.69, 9.17) is 15.6 Å². The van der Waals surface area contributed by atoms with Gasteiger partial charge < -0.3 is 20.3 Å². The number of nitrogens with zero attached hydrogens (tertiary/aromatic N) is 10. The number of aromatic nitrogens is 6. The summed E-state index contributed by atoms with van der Waals surface area (Å²) < 4.78 is 22.7. The van der Waals surface area contributed by atoms with Crippen LogP contribution >= 0.6 is 0 Å². The SMILES string of the molecule is C[C@@H](Oc1cc(-c2cnn(C3CCN(CC4CCN(C5CN(c6ccc7c(c6)C(=O)N(C6CCC(=O)NC6=O)C7=O)C5)CC4)CC3)c2)cnc1N)c1cc(F)ccc1-n1nccn1. The first-order valence-corrected chi connectivity index (χ1v) is 21.8. The molecule has 0 saturated carbocycles. The first-order chi connectivity index (χ1) is 30.6. The number of anilines is 2. The molecule has 3 N–H and O–H groups in total. The molecule has 17 nitrogen and oxygen atoms in total. The molecule has 5 aliphatic heterocycles. The molecule has 4 amide bonds. The molecule has 2 atom stereocenters. The Morgan fingerprint density at radius 3 is 2.37 bits per heavy atom. The molecule has 18 heteroatoms. The maximum absolute atomic E-state index is 14.3. The number of nitrogens with two attached hydrogens (primary N) is 1. The Bertz CT molecular complexity index is 2560. The van der Waals surface area contributed by atoms with Crippen LogP contribution in [0.25, 0.3) is 16.8 Å². The molecule has 326 valence electrons. The molecule has 3 aromatic heterocycles. The van der Waals surface area contributed by atoms with Crippen molar-refractivity contribution in [3.63, 3.8) is 0 Å². The lowest BCUT2D eigenvalue weighted by Crippen LogP contribution is -2.61. The Morgan fingerprint density at radius 2 is 1.60 bits per heavy atom. The summed E-state index contributed by atoms with van der Waals surface area (Å²) in [5, 5.41) is 15.4. The van der Waals surface area contributed by atoms with E-state index in [0.29, 0.717) is 46.1 Å². The second-order valence-electron chi connectivity index (χ2n) is 17.3. The maximum atomic E-state index is 14.3. The van der Waals surface area contributed by atoms with Crippen molar-refractivity contribution >= 4 is 35.1 Å². The van der Waals surface area contributed by atoms with E-state index >= 15 is 0 Å². The van der Waals surface area contributed by atoms with Crippen molar-refractivity contribution in [3.8, 4) is 22.6 Å². The van der Waals surface area contributed by atoms with Gasteiger partial charge in [-0.3, -0.25) is 39.0 Å². The smallest absolute Gasteiger partial charge is 0.262 e. The second-order valence-corrected chi connectivity index (χ2v) is 17.3. The number of rotatable bonds is 11. The van der Waals surface area contributed by atoms with Crippen LogP contribution in [0.15, 0.2) is 73.4 Å². The minimum atomic E-state index is -0.968. The summed E-state index contributed by atoms with van der Waals surface area (Å²) in [7, 11) is 0. The number of hydrogen-bond acceptors (Lipinski definition) is 13. The summed E-state index contributed by atoms with van der Waals surface area (Å²) >= 11 is 0. The molecule has 0 radical (unpaired) electrons. The topological polar surface area (TPSA) is 190 Å². The fourth-order valence-electron chi connectivity index (χ4n) is 9.81. The Hall–Kier alpha value is -6.53. The number of carbonyl (C=O) groups is 4. The van der Waals surface area contributed by atoms with Crippen LogP contribution in [-0.4, -0.2) is 126 Å². The predicted molar refractivity (Wildman–Crippen MR) is 228 cm³/mol. The Balaban J connectivity index is 0.680. The van der Waals surface area contributed by atoms with Crippen LogP contribution in [0.2, 0.25) is 0 Å². The van der Waals surface area contributed by atoms with Crippen molar-refractivity contribution in [2.24, 2.45) is 5.92 Å². The number of nitrogens with one attached hydrogen (secondary N) is 1. The number of halogens is 1. The Kier molecular flexibility index (Phi) is 10.7. The molecule has 5 aromatic rings. The highest BCUT2D eigenvalue weighted by atomic mass is 19.1. The van der Waals surface area contributed by atoms with Crippen molar-refractivity contribution in [1.29, 1.82) is 0 Å². The minimum Gasteiger partial charge on any atom is -0.482 e. The van der Waals surface area contributed by atoms with Gasteiger partial charge in [-0.1, -0.05) is 0 Å². The van der Waals surface area contributed by atoms with E-state index in [0.717, 1.165) is 93.2 Å². The number of benzene rings is 2. The predicted octanol–water partition coefficient (Wildman–Crippen LogP) is 4.03. The molecule has 2 aromatic carbocycles. The summed E-state index contributed by atoms with van der Waals surface area (Å²) in [6.07, 6.45) is 12.8. The highest BCUT2D eigenvalue weighted by Crippen LogP contribution is 2.36. The number of ether oxygens (including phenoxy) is 1. The van der Waals surface area contributed by atoms with Gasteiger partial charge in [0.25, 0.3) is 11.8 Å². The highest BCUT2D eigenvalue weighted by Gasteiger charge is 2.45. The average molecular weight is 857 g/mol. The molecular weight excluding hydrogens is 808 g/mol. The molecule has 63 heavy (non-hydrogen) atoms. The van der Waals surface area contributed by atoms with Crippen molar-refractivity contribution in [3.05, 3.63) is 96.0 Å². The summed E-state index contributed by atoms with van der Waals surface area (Å²) in [5.74, 6) is -1.07. The molecule has 8 heterocycles. The molecule has 5 aliphatic rings. The quantitative estimate of drug-likeness (QED) is 0.182. The average Bonchev–Trinajstić information content (AvgIpc) is 4.04. The zero-order valence-electron chi connectivity index (χ0n) is 35.0. The number of nitrogen functional groups attached to an aromatic ring is 1. The van der Waals surface area contributed by atoms with Crippen LogP contribution < -0.4 is 20.7 Å². The third kappa shape index (κ3) is 7.92. The van der Waals surface area contributed by atoms with Crippen LogP contribution in [0.3, 0.4) is 0 Å². The third-order valence-corrected chi connectivity index (χ3v) is 13.4. The zero-order chi connectivity index (χ0) is 43.4. The van der Waals surface area contributed by atoms with Gasteiger partial charge in [0.2, 0.25) is 11.8 Å². The van der Waals surface area contributed by atoms with E-state index in [9.17, 15) is 23.6 Å². The number of carbonyl (C=O) groups excluding carboxylic acids is 4. The molecule has 0 spiro atoms. The Labute approximate surface area is 363 Å². The molecule has 0 bridgehead atoms. The first kappa shape index (κ1) is 40.5. The first-order valence-electron chi connectivity index (χ1n) is 21.8. The normalized spacial score (nSPS) is 21.1. The molecule has 0 aliphatic carbocycles. The summed E-state index contributed by atoms with van der Waals surface area (Å²) in [6, 6.07) is 11.4. The van der Waals surface area contributed by atoms with E-state index in [1.54, 1.807) is 36.8 Å². The number of pyridine rings is 1. The molecule has 10 rings (SSSR count). The van der Waals surface area contributed by atoms with Crippen LogP contribution in [0.4, 0.5) is 15.9 Å². The maximum Gasteiger partial charge on any atom is 0.262 e. The second kappa shape index (κ2) is 16.6. The van der Waals surface area contributed by atoms with Gasteiger partial charge in [-0.2, -0.15) is 20.1 Å². The van der Waals surface area contributed by atoms with Crippen LogP contribution in [0.1, 0.15) is 83.9 Å². The van der Waals surface area contributed by atoms with Gasteiger partial charge in [0.15, 0.2) is 11.6 Å². The molecular formula is C45H49FN12O5. The molecule has 4 fully saturated rings. The van der Waals surface area contributed by atoms with Crippen molar-refractivity contribution in [1.82, 2.24) is 49.8 Å². The number of fused-ring (bicyclic) bond motifs is 1. The number of likely N-dealkylation sites (tertiary alicyclic amines) is 2. The monoisotopic (exact) mass is 856 g/mol. The lowest BCUT2D eigenvalue weighted by Gasteiger charge is -2.49. The van der Waals surface area contributed by atoms with Crippen LogP contribution in [0, 0.1) is 11.7 Å². The van der Waals surface area contributed by atoms with E-state index in [1.165, 1.54) is 16.9 Å². The fraction of sp³-hybridized carbons (Fsp3) is 0.422. The van der Waals surface area contributed by atoms with Crippen molar-refractivity contribution < 1.29 is 28.3 Å². The van der Waals surface area contributed by atoms with Gasteiger partial charge in [-0.15, -0.1) is 0 Å². The van der Waals surface area contributed by atoms with Gasteiger partial charge in [0, 0.05) is 80.0 Å². The van der Waals surface area contributed by atoms with Crippen molar-refractivity contribution in [2.75, 3.05) is 56.4 Å². The molecule has 1 unspecified atom stereocenters. The lowest BCUT2D eigenvalue weighted by molar-refractivity contribution is -0.136. The number of hydrogen-bond donors (Lipinski definition) is 2. The van der Waals surface area contributed by atoms with Gasteiger partial charge in [0.05, 0.1) is 41.4 Å². The van der Waals surface area contributed by atoms with Gasteiger partial charge >= 0.3 is 0 Å². The minimum absolute atomic E-state index is 0.0949. The van der Waals surface area contributed by atoms with Crippen molar-refractivity contribution in [2.45, 2.75) is 69.7 Å². The van der Waals surface area contributed by atoms with Gasteiger partial charge in [-0.05, 0) is 100 Å². The van der Waals surface area contributed by atoms with E-state index in [-0.39, 0.29) is 24.6 Å². The fourth-order valence-corrected chi connectivity index (χ4v) is 9.81. The van der Waals surface area contributed by atoms with Crippen LogP contribution in [0.5, 0.6) is 5.75 Å². The van der Waals surface area contributed by atoms with Gasteiger partial charge in [-0.25, -0.2) is 9.37 Å². The van der Waals surface area contributed by atoms with Gasteiger partial charge in [0.1, 0.15) is 18.0 Å². The largest absolute Gasteiger partial charge is 0.482 e. The summed E-state index contributed by atoms with van der Waals surface area (Å²) in [4.78, 5) is 64.8. The van der Waals surface area contributed by atoms with Crippen LogP contribution in [-0.2, 0) is 9.59 Å². The number of imide groups is 2. The standard InChI is InChI=1S/C45H49FN12O5/c1-27(36-19-31(46)2-5-38(36)58-49-12-13-50-58)63-40-18-29(21-48-42(40)47)30-22-51-56(24-30)32-10-14-53(15-11-32)23-28-8-16-54(17-9-28)34-25-55(26-34)33-3-4-35-37(20-33)45(62)57(44(35)61)39-6-7-41(59)52-43(39)60/h2-5,12-13,18-22,24,27-28,32,34,39H,6-11,14-17,23,25-26H2,1H3,(H2,47,48)(H,52,59,60)/t27-,39?/m1/s1.